The van der Waals surface area contributed by atoms with Crippen LogP contribution >= 0.6 is 0 Å². The molecular weight excluding hydrogens is 1150 g/mol. The number of aliphatic hydroxyl groups excluding tert-OH is 2. The van der Waals surface area contributed by atoms with Crippen LogP contribution in [0, 0.1) is 29.6 Å². The monoisotopic (exact) mass is 1260 g/mol. The van der Waals surface area contributed by atoms with E-state index in [4.69, 9.17) is 14.2 Å². The maximum atomic E-state index is 15.4. The first-order chi connectivity index (χ1) is 41.3. The third-order valence-corrected chi connectivity index (χ3v) is 16.9. The molecule has 504 valence electrons. The summed E-state index contributed by atoms with van der Waals surface area (Å²) in [6.07, 6.45) is -2.76. The van der Waals surface area contributed by atoms with Crippen LogP contribution in [0.15, 0.2) is 24.3 Å². The van der Waals surface area contributed by atoms with Gasteiger partial charge < -0.3 is 69.4 Å². The first-order valence-electron chi connectivity index (χ1n) is 30.7. The Labute approximate surface area is 527 Å². The molecule has 0 bridgehead atoms. The van der Waals surface area contributed by atoms with Crippen LogP contribution in [-0.2, 0) is 68.6 Å². The van der Waals surface area contributed by atoms with Gasteiger partial charge >= 0.3 is 11.9 Å². The number of aliphatic hydroxyl groups is 2. The Hall–Kier alpha value is -6.93. The molecule has 0 aliphatic carbocycles. The van der Waals surface area contributed by atoms with E-state index in [1.807, 2.05) is 27.7 Å². The minimum atomic E-state index is -1.87. The number of hydrogen-bond donors (Lipinski definition) is 4. The number of esters is 2. The fourth-order valence-electron chi connectivity index (χ4n) is 11.0. The van der Waals surface area contributed by atoms with Gasteiger partial charge in [0.1, 0.15) is 72.3 Å². The molecule has 13 atom stereocenters. The van der Waals surface area contributed by atoms with Crippen LogP contribution < -0.4 is 15.4 Å². The molecule has 1 aliphatic heterocycles. The number of cyclic esters (lactones) is 1. The summed E-state index contributed by atoms with van der Waals surface area (Å²) in [6, 6.07) is -7.32. The Morgan fingerprint density at radius 1 is 0.652 bits per heavy atom. The van der Waals surface area contributed by atoms with Gasteiger partial charge in [-0.25, -0.2) is 4.79 Å². The first kappa shape index (κ1) is 78.2. The zero-order chi connectivity index (χ0) is 68.5. The third kappa shape index (κ3) is 20.0. The van der Waals surface area contributed by atoms with Gasteiger partial charge in [0.25, 0.3) is 5.91 Å². The molecule has 0 radical (unpaired) electrons. The fourth-order valence-corrected chi connectivity index (χ4v) is 11.0. The number of carbonyl (C=O) groups is 11. The largest absolute Gasteiger partial charge is 0.497 e. The average Bonchev–Trinajstić information content (AvgIpc) is 1.02. The van der Waals surface area contributed by atoms with E-state index in [9.17, 15) is 53.4 Å². The molecule has 1 saturated heterocycles. The highest BCUT2D eigenvalue weighted by Gasteiger charge is 2.47. The molecule has 0 unspecified atom stereocenters. The third-order valence-electron chi connectivity index (χ3n) is 16.9. The summed E-state index contributed by atoms with van der Waals surface area (Å²) in [6.45, 7) is 19.7. The Morgan fingerprint density at radius 3 is 1.67 bits per heavy atom. The Bertz CT molecular complexity index is 2590. The van der Waals surface area contributed by atoms with Crippen LogP contribution in [0.4, 0.5) is 0 Å². The van der Waals surface area contributed by atoms with Gasteiger partial charge in [0.15, 0.2) is 6.10 Å². The van der Waals surface area contributed by atoms with Crippen molar-refractivity contribution in [1.29, 1.82) is 0 Å². The van der Waals surface area contributed by atoms with Crippen molar-refractivity contribution >= 4 is 65.1 Å². The molecule has 9 amide bonds. The second kappa shape index (κ2) is 34.9. The number of nitrogens with zero attached hydrogens (tertiary/aromatic N) is 8. The van der Waals surface area contributed by atoms with Crippen molar-refractivity contribution in [3.8, 4) is 5.75 Å². The van der Waals surface area contributed by atoms with E-state index < -0.39 is 163 Å². The molecule has 1 aliphatic rings. The van der Waals surface area contributed by atoms with Crippen molar-refractivity contribution in [2.75, 3.05) is 83.8 Å². The molecule has 1 fully saturated rings. The Morgan fingerprint density at radius 2 is 1.20 bits per heavy atom. The van der Waals surface area contributed by atoms with Gasteiger partial charge in [-0.15, -0.1) is 0 Å². The zero-order valence-electron chi connectivity index (χ0n) is 57.1. The number of rotatable bonds is 22. The summed E-state index contributed by atoms with van der Waals surface area (Å²) in [5.74, 6) is -10.7. The topological polar surface area (TPSA) is 306 Å². The van der Waals surface area contributed by atoms with Crippen molar-refractivity contribution in [1.82, 2.24) is 49.8 Å². The standard InChI is InChI=1S/C63H106N10O16/c1-24-38(10)50-54(77)64-39(11)55(78)68(17)45(29-34(2)3)53(76)65-44(31-42-25-27-43(87-23)28-26-42)56(79)67(16)40(12)62(85)88-41(13)51(60(83)70(19)48(33-75)59(82)72(50)21)73(22)57(80)46(30-35(4)5)69(18)58(81)47(32-74)71(20)61(84)52(37(8)9)89-63(86)49(36(6)7)66(14)15/h25-28,34-41,44-52,74-75H,24,29-33H2,1-23H3,(H,64,77)(H,65,76)/t38-,39-,40+,41+,44-,45-,46-,47-,48-,49-,50-,51-,52+/m0/s1. The number of benzene rings is 1. The number of amides is 9. The average molecular weight is 1260 g/mol. The summed E-state index contributed by atoms with van der Waals surface area (Å²) in [4.78, 5) is 170. The zero-order valence-corrected chi connectivity index (χ0v) is 57.1. The highest BCUT2D eigenvalue weighted by molar-refractivity contribution is 5.99. The number of nitrogens with one attached hydrogen (secondary N) is 2. The van der Waals surface area contributed by atoms with Crippen molar-refractivity contribution in [3.05, 3.63) is 29.8 Å². The van der Waals surface area contributed by atoms with Crippen LogP contribution in [-0.4, -0.2) is 271 Å². The summed E-state index contributed by atoms with van der Waals surface area (Å²) in [7, 11) is 13.8. The number of hydrogen-bond acceptors (Lipinski definition) is 17. The van der Waals surface area contributed by atoms with E-state index in [2.05, 4.69) is 10.6 Å². The van der Waals surface area contributed by atoms with E-state index in [1.165, 1.54) is 82.1 Å². The van der Waals surface area contributed by atoms with Crippen molar-refractivity contribution < 1.29 is 77.2 Å². The Balaban J connectivity index is 2.97. The number of methoxy groups -OCH3 is 1. The predicted octanol–water partition coefficient (Wildman–Crippen LogP) is 1.26. The van der Waals surface area contributed by atoms with Gasteiger partial charge in [-0.1, -0.05) is 87.8 Å². The number of ether oxygens (including phenoxy) is 3. The van der Waals surface area contributed by atoms with Crippen molar-refractivity contribution in [2.24, 2.45) is 29.6 Å². The maximum absolute atomic E-state index is 15.4. The summed E-state index contributed by atoms with van der Waals surface area (Å²) >= 11 is 0. The second-order valence-corrected chi connectivity index (χ2v) is 25.5. The van der Waals surface area contributed by atoms with Gasteiger partial charge in [-0.2, -0.15) is 0 Å². The summed E-state index contributed by atoms with van der Waals surface area (Å²) < 4.78 is 17.2. The summed E-state index contributed by atoms with van der Waals surface area (Å²) in [5, 5.41) is 27.5. The lowest BCUT2D eigenvalue weighted by molar-refractivity contribution is -0.170. The molecule has 1 heterocycles. The van der Waals surface area contributed by atoms with Crippen LogP contribution in [0.1, 0.15) is 115 Å². The molecule has 0 saturated carbocycles. The van der Waals surface area contributed by atoms with Crippen LogP contribution in [0.3, 0.4) is 0 Å². The lowest BCUT2D eigenvalue weighted by Crippen LogP contribution is -2.64. The molecule has 0 spiro atoms. The number of likely N-dealkylation sites (N-methyl/N-ethyl adjacent to an activating group) is 8. The molecule has 1 aromatic carbocycles. The smallest absolute Gasteiger partial charge is 0.328 e. The van der Waals surface area contributed by atoms with E-state index in [0.717, 1.165) is 29.4 Å². The first-order valence-corrected chi connectivity index (χ1v) is 30.7. The maximum Gasteiger partial charge on any atom is 0.328 e. The van der Waals surface area contributed by atoms with Gasteiger partial charge in [0.2, 0.25) is 47.3 Å². The van der Waals surface area contributed by atoms with Gasteiger partial charge in [0.05, 0.1) is 20.3 Å². The lowest BCUT2D eigenvalue weighted by Gasteiger charge is -2.41. The van der Waals surface area contributed by atoms with E-state index >= 15 is 9.59 Å². The van der Waals surface area contributed by atoms with E-state index in [-0.39, 0.29) is 37.0 Å². The highest BCUT2D eigenvalue weighted by atomic mass is 16.6. The van der Waals surface area contributed by atoms with E-state index in [0.29, 0.717) is 17.7 Å². The van der Waals surface area contributed by atoms with Gasteiger partial charge in [-0.3, -0.25) is 52.8 Å². The van der Waals surface area contributed by atoms with Gasteiger partial charge in [0, 0.05) is 55.8 Å². The SMILES string of the molecule is CC[C@H](C)[C@H]1C(=O)N[C@@H](C)C(=O)N(C)[C@@H](CC(C)C)C(=O)N[C@@H](Cc2ccc(OC)cc2)C(=O)N(C)[C@H](C)C(=O)O[C@H](C)[C@H](N(C)C(=O)[C@H](CC(C)C)N(C)C(=O)[C@H](CO)N(C)C(=O)[C@H](OC(=O)[C@H](C(C)C)N(C)C)C(C)C)C(=O)N(C)[C@@H](CO)C(=O)N1C. The quantitative estimate of drug-likeness (QED) is 0.119. The van der Waals surface area contributed by atoms with Crippen molar-refractivity contribution in [3.63, 3.8) is 0 Å². The number of carbonyl (C=O) groups excluding carboxylic acids is 11. The Kier molecular flexibility index (Phi) is 30.6. The minimum absolute atomic E-state index is 0.0714. The second-order valence-electron chi connectivity index (χ2n) is 25.5. The van der Waals surface area contributed by atoms with E-state index in [1.54, 1.807) is 84.8 Å². The fraction of sp³-hybridized carbons (Fsp3) is 0.730. The predicted molar refractivity (Wildman–Crippen MR) is 333 cm³/mol. The normalized spacial score (nSPS) is 23.5. The van der Waals surface area contributed by atoms with Crippen LogP contribution in [0.2, 0.25) is 0 Å². The molecule has 1 aromatic rings. The molecule has 2 rings (SSSR count). The molecule has 26 nitrogen and oxygen atoms in total. The molecule has 0 aromatic heterocycles. The lowest BCUT2D eigenvalue weighted by atomic mass is 9.95. The van der Waals surface area contributed by atoms with Crippen LogP contribution in [0.5, 0.6) is 5.75 Å². The molecule has 89 heavy (non-hydrogen) atoms. The molecule has 4 N–H and O–H groups in total. The van der Waals surface area contributed by atoms with Crippen LogP contribution in [0.25, 0.3) is 0 Å². The minimum Gasteiger partial charge on any atom is -0.497 e. The highest BCUT2D eigenvalue weighted by Crippen LogP contribution is 2.25. The van der Waals surface area contributed by atoms with Crippen molar-refractivity contribution in [2.45, 2.75) is 188 Å². The molecule has 26 heteroatoms. The van der Waals surface area contributed by atoms with Gasteiger partial charge in [-0.05, 0) is 95.0 Å². The summed E-state index contributed by atoms with van der Waals surface area (Å²) in [5.41, 5.74) is 0.580. The molecular formula is C63H106N10O16.